The van der Waals surface area contributed by atoms with E-state index in [0.29, 0.717) is 0 Å². The standard InChI is InChI=1S/C13H24N2O/c1-4-8-13(9-6-5-7-10-13)11-14-12(16)15(2)3/h4H,1,5-11H2,2-3H3,(H,14,16). The Balaban J connectivity index is 2.50. The molecule has 0 spiro atoms. The number of allylic oxidation sites excluding steroid dienone is 1. The number of hydrogen-bond acceptors (Lipinski definition) is 1. The molecule has 3 heteroatoms. The van der Waals surface area contributed by atoms with Gasteiger partial charge in [0.25, 0.3) is 0 Å². The zero-order valence-corrected chi connectivity index (χ0v) is 10.6. The summed E-state index contributed by atoms with van der Waals surface area (Å²) in [5.41, 5.74) is 0.270. The van der Waals surface area contributed by atoms with Gasteiger partial charge in [-0.2, -0.15) is 0 Å². The van der Waals surface area contributed by atoms with Gasteiger partial charge in [-0.15, -0.1) is 6.58 Å². The minimum absolute atomic E-state index is 0.00834. The molecule has 16 heavy (non-hydrogen) atoms. The molecule has 0 unspecified atom stereocenters. The van der Waals surface area contributed by atoms with E-state index in [2.05, 4.69) is 11.9 Å². The lowest BCUT2D eigenvalue weighted by molar-refractivity contribution is 0.173. The van der Waals surface area contributed by atoms with Crippen molar-refractivity contribution in [2.75, 3.05) is 20.6 Å². The predicted octanol–water partition coefficient (Wildman–Crippen LogP) is 2.78. The van der Waals surface area contributed by atoms with Crippen molar-refractivity contribution >= 4 is 6.03 Å². The first-order valence-corrected chi connectivity index (χ1v) is 6.16. The van der Waals surface area contributed by atoms with Gasteiger partial charge in [-0.3, -0.25) is 0 Å². The zero-order valence-electron chi connectivity index (χ0n) is 10.6. The number of carbonyl (C=O) groups excluding carboxylic acids is 1. The van der Waals surface area contributed by atoms with Crippen LogP contribution in [0.25, 0.3) is 0 Å². The average molecular weight is 224 g/mol. The van der Waals surface area contributed by atoms with Crippen LogP contribution in [0.4, 0.5) is 4.79 Å². The van der Waals surface area contributed by atoms with Crippen molar-refractivity contribution < 1.29 is 4.79 Å². The van der Waals surface area contributed by atoms with Gasteiger partial charge in [0.15, 0.2) is 0 Å². The summed E-state index contributed by atoms with van der Waals surface area (Å²) in [6.07, 6.45) is 9.34. The molecule has 0 aromatic carbocycles. The summed E-state index contributed by atoms with van der Waals surface area (Å²) in [5.74, 6) is 0. The highest BCUT2D eigenvalue weighted by Crippen LogP contribution is 2.38. The second-order valence-corrected chi connectivity index (χ2v) is 5.11. The third-order valence-electron chi connectivity index (χ3n) is 3.51. The molecule has 3 nitrogen and oxygen atoms in total. The van der Waals surface area contributed by atoms with Gasteiger partial charge in [0.2, 0.25) is 0 Å². The Hall–Kier alpha value is -0.990. The van der Waals surface area contributed by atoms with Gasteiger partial charge in [-0.1, -0.05) is 25.3 Å². The molecule has 0 aromatic heterocycles. The van der Waals surface area contributed by atoms with Crippen molar-refractivity contribution in [1.82, 2.24) is 10.2 Å². The van der Waals surface area contributed by atoms with Crippen LogP contribution in [0.5, 0.6) is 0 Å². The summed E-state index contributed by atoms with van der Waals surface area (Å²) in [7, 11) is 3.55. The SMILES string of the molecule is C=CCC1(CNC(=O)N(C)C)CCCCC1. The molecule has 0 aromatic rings. The molecule has 1 rings (SSSR count). The molecule has 0 atom stereocenters. The molecular formula is C13H24N2O. The summed E-state index contributed by atoms with van der Waals surface area (Å²) < 4.78 is 0. The lowest BCUT2D eigenvalue weighted by Crippen LogP contribution is -2.42. The highest BCUT2D eigenvalue weighted by Gasteiger charge is 2.31. The molecule has 2 amide bonds. The van der Waals surface area contributed by atoms with E-state index in [-0.39, 0.29) is 11.4 Å². The molecule has 1 fully saturated rings. The van der Waals surface area contributed by atoms with Crippen LogP contribution in [-0.2, 0) is 0 Å². The van der Waals surface area contributed by atoms with E-state index in [9.17, 15) is 4.79 Å². The summed E-state index contributed by atoms with van der Waals surface area (Å²) in [6.45, 7) is 4.63. The fourth-order valence-corrected chi connectivity index (χ4v) is 2.48. The summed E-state index contributed by atoms with van der Waals surface area (Å²) in [6, 6.07) is 0.00834. The molecule has 1 N–H and O–H groups in total. The number of amides is 2. The third-order valence-corrected chi connectivity index (χ3v) is 3.51. The summed E-state index contributed by atoms with van der Waals surface area (Å²) >= 11 is 0. The van der Waals surface area contributed by atoms with Crippen molar-refractivity contribution in [1.29, 1.82) is 0 Å². The van der Waals surface area contributed by atoms with Crippen LogP contribution in [0.2, 0.25) is 0 Å². The Kier molecular flexibility index (Phi) is 4.84. The Labute approximate surface area is 98.9 Å². The maximum atomic E-state index is 11.5. The zero-order chi connectivity index (χ0) is 12.0. The number of urea groups is 1. The van der Waals surface area contributed by atoms with Crippen molar-refractivity contribution in [3.8, 4) is 0 Å². The summed E-state index contributed by atoms with van der Waals surface area (Å²) in [4.78, 5) is 13.1. The van der Waals surface area contributed by atoms with Crippen LogP contribution < -0.4 is 5.32 Å². The second-order valence-electron chi connectivity index (χ2n) is 5.11. The van der Waals surface area contributed by atoms with Crippen LogP contribution in [0.1, 0.15) is 38.5 Å². The molecule has 92 valence electrons. The van der Waals surface area contributed by atoms with Gasteiger partial charge in [0.1, 0.15) is 0 Å². The number of nitrogens with zero attached hydrogens (tertiary/aromatic N) is 1. The van der Waals surface area contributed by atoms with Gasteiger partial charge in [0, 0.05) is 20.6 Å². The molecule has 1 aliphatic rings. The number of rotatable bonds is 4. The van der Waals surface area contributed by atoms with Crippen LogP contribution in [0, 0.1) is 5.41 Å². The Morgan fingerprint density at radius 1 is 1.38 bits per heavy atom. The lowest BCUT2D eigenvalue weighted by Gasteiger charge is -2.37. The van der Waals surface area contributed by atoms with E-state index in [1.807, 2.05) is 6.08 Å². The van der Waals surface area contributed by atoms with Crippen LogP contribution in [0.3, 0.4) is 0 Å². The normalized spacial score (nSPS) is 18.9. The lowest BCUT2D eigenvalue weighted by atomic mass is 9.72. The molecule has 0 saturated heterocycles. The molecule has 0 aliphatic heterocycles. The van der Waals surface area contributed by atoms with Crippen LogP contribution in [0.15, 0.2) is 12.7 Å². The van der Waals surface area contributed by atoms with Crippen molar-refractivity contribution in [2.45, 2.75) is 38.5 Å². The molecule has 1 saturated carbocycles. The monoisotopic (exact) mass is 224 g/mol. The fourth-order valence-electron chi connectivity index (χ4n) is 2.48. The van der Waals surface area contributed by atoms with E-state index in [1.54, 1.807) is 19.0 Å². The maximum Gasteiger partial charge on any atom is 0.316 e. The van der Waals surface area contributed by atoms with Gasteiger partial charge < -0.3 is 10.2 Å². The molecule has 0 bridgehead atoms. The van der Waals surface area contributed by atoms with E-state index < -0.39 is 0 Å². The number of carbonyl (C=O) groups is 1. The molecule has 0 radical (unpaired) electrons. The highest BCUT2D eigenvalue weighted by molar-refractivity contribution is 5.73. The minimum Gasteiger partial charge on any atom is -0.337 e. The van der Waals surface area contributed by atoms with Crippen molar-refractivity contribution in [3.05, 3.63) is 12.7 Å². The first-order valence-electron chi connectivity index (χ1n) is 6.16. The van der Waals surface area contributed by atoms with E-state index >= 15 is 0 Å². The quantitative estimate of drug-likeness (QED) is 0.732. The van der Waals surface area contributed by atoms with Gasteiger partial charge in [-0.25, -0.2) is 4.79 Å². The maximum absolute atomic E-state index is 11.5. The smallest absolute Gasteiger partial charge is 0.316 e. The first kappa shape index (κ1) is 13.1. The van der Waals surface area contributed by atoms with E-state index in [0.717, 1.165) is 13.0 Å². The Bertz CT molecular complexity index is 242. The van der Waals surface area contributed by atoms with Gasteiger partial charge in [-0.05, 0) is 24.7 Å². The van der Waals surface area contributed by atoms with Gasteiger partial charge in [0.05, 0.1) is 0 Å². The van der Waals surface area contributed by atoms with Crippen LogP contribution in [-0.4, -0.2) is 31.6 Å². The van der Waals surface area contributed by atoms with E-state index in [1.165, 1.54) is 32.1 Å². The Morgan fingerprint density at radius 3 is 2.50 bits per heavy atom. The van der Waals surface area contributed by atoms with Crippen molar-refractivity contribution in [3.63, 3.8) is 0 Å². The minimum atomic E-state index is 0.00834. The summed E-state index contributed by atoms with van der Waals surface area (Å²) in [5, 5.41) is 3.02. The molecule has 0 heterocycles. The third kappa shape index (κ3) is 3.54. The Morgan fingerprint density at radius 2 is 2.00 bits per heavy atom. The van der Waals surface area contributed by atoms with E-state index in [4.69, 9.17) is 0 Å². The van der Waals surface area contributed by atoms with Crippen LogP contribution >= 0.6 is 0 Å². The van der Waals surface area contributed by atoms with Gasteiger partial charge >= 0.3 is 6.03 Å². The molecular weight excluding hydrogens is 200 g/mol. The largest absolute Gasteiger partial charge is 0.337 e. The first-order chi connectivity index (χ1) is 7.59. The number of nitrogens with one attached hydrogen (secondary N) is 1. The predicted molar refractivity (Wildman–Crippen MR) is 67.4 cm³/mol. The second kappa shape index (κ2) is 5.92. The van der Waals surface area contributed by atoms with Crippen molar-refractivity contribution in [2.24, 2.45) is 5.41 Å². The topological polar surface area (TPSA) is 32.3 Å². The fraction of sp³-hybridized carbons (Fsp3) is 0.769. The highest BCUT2D eigenvalue weighted by atomic mass is 16.2. The number of hydrogen-bond donors (Lipinski definition) is 1. The average Bonchev–Trinajstić information content (AvgIpc) is 2.27. The molecule has 1 aliphatic carbocycles.